The molecule has 6 nitrogen and oxygen atoms in total. The van der Waals surface area contributed by atoms with Gasteiger partial charge in [0.05, 0.1) is 12.5 Å². The maximum atomic E-state index is 12.9. The Bertz CT molecular complexity index is 698. The van der Waals surface area contributed by atoms with Crippen LogP contribution in [0.1, 0.15) is 21.7 Å². The molecule has 0 radical (unpaired) electrons. The first-order valence-electron chi connectivity index (χ1n) is 8.21. The van der Waals surface area contributed by atoms with Gasteiger partial charge in [0, 0.05) is 43.7 Å². The summed E-state index contributed by atoms with van der Waals surface area (Å²) in [7, 11) is 0. The van der Waals surface area contributed by atoms with Crippen LogP contribution in [0.5, 0.6) is 11.5 Å². The zero-order chi connectivity index (χ0) is 16.4. The van der Waals surface area contributed by atoms with Gasteiger partial charge in [-0.3, -0.25) is 9.69 Å². The van der Waals surface area contributed by atoms with E-state index in [-0.39, 0.29) is 5.91 Å². The molecule has 24 heavy (non-hydrogen) atoms. The van der Waals surface area contributed by atoms with Crippen molar-refractivity contribution in [1.82, 2.24) is 9.80 Å². The first kappa shape index (κ1) is 15.5. The molecule has 0 unspecified atom stereocenters. The second-order valence-corrected chi connectivity index (χ2v) is 6.89. The average molecular weight is 348 g/mol. The molecular formula is C17H20N2O4S. The highest BCUT2D eigenvalue weighted by Crippen LogP contribution is 2.40. The monoisotopic (exact) mass is 348 g/mol. The highest BCUT2D eigenvalue weighted by atomic mass is 32.1. The normalized spacial score (nSPS) is 18.4. The number of rotatable bonds is 3. The van der Waals surface area contributed by atoms with Crippen molar-refractivity contribution >= 4 is 17.2 Å². The Morgan fingerprint density at radius 3 is 2.96 bits per heavy atom. The first-order chi connectivity index (χ1) is 11.8. The SMILES string of the molecule is O=C(c1scc2c1OCCO2)N1CCCN(Cc2ccoc2)CC1. The van der Waals surface area contributed by atoms with Gasteiger partial charge in [-0.05, 0) is 12.5 Å². The van der Waals surface area contributed by atoms with Gasteiger partial charge >= 0.3 is 0 Å². The molecule has 128 valence electrons. The topological polar surface area (TPSA) is 55.2 Å². The molecule has 0 atom stereocenters. The molecule has 4 heterocycles. The molecule has 2 aromatic rings. The number of fused-ring (bicyclic) bond motifs is 1. The number of nitrogens with zero attached hydrogens (tertiary/aromatic N) is 2. The molecular weight excluding hydrogens is 328 g/mol. The molecule has 4 rings (SSSR count). The molecule has 0 saturated carbocycles. The fraction of sp³-hybridized carbons (Fsp3) is 0.471. The molecule has 0 aromatic carbocycles. The quantitative estimate of drug-likeness (QED) is 0.853. The van der Waals surface area contributed by atoms with Crippen LogP contribution in [0.15, 0.2) is 28.4 Å². The number of carbonyl (C=O) groups excluding carboxylic acids is 1. The summed E-state index contributed by atoms with van der Waals surface area (Å²) in [6.45, 7) is 5.26. The fourth-order valence-corrected chi connectivity index (χ4v) is 4.02. The summed E-state index contributed by atoms with van der Waals surface area (Å²) in [5, 5.41) is 1.87. The second kappa shape index (κ2) is 6.86. The lowest BCUT2D eigenvalue weighted by Crippen LogP contribution is -2.35. The van der Waals surface area contributed by atoms with Crippen LogP contribution in [0.25, 0.3) is 0 Å². The second-order valence-electron chi connectivity index (χ2n) is 6.01. The standard InChI is InChI=1S/C17H20N2O4S/c20-17(16-15-14(12-24-16)22-8-9-23-15)19-4-1-3-18(5-6-19)10-13-2-7-21-11-13/h2,7,11-12H,1,3-6,8-10H2. The van der Waals surface area contributed by atoms with Gasteiger partial charge in [-0.2, -0.15) is 0 Å². The number of amides is 1. The average Bonchev–Trinajstić information content (AvgIpc) is 3.20. The van der Waals surface area contributed by atoms with Gasteiger partial charge in [0.1, 0.15) is 18.1 Å². The van der Waals surface area contributed by atoms with Crippen LogP contribution in [0.4, 0.5) is 0 Å². The number of hydrogen-bond donors (Lipinski definition) is 0. The Labute approximate surface area is 144 Å². The minimum Gasteiger partial charge on any atom is -0.485 e. The molecule has 0 aliphatic carbocycles. The Balaban J connectivity index is 1.41. The third-order valence-corrected chi connectivity index (χ3v) is 5.29. The van der Waals surface area contributed by atoms with Crippen molar-refractivity contribution in [2.24, 2.45) is 0 Å². The lowest BCUT2D eigenvalue weighted by molar-refractivity contribution is 0.0757. The molecule has 2 aliphatic heterocycles. The number of ether oxygens (including phenoxy) is 2. The van der Waals surface area contributed by atoms with E-state index in [1.54, 1.807) is 12.5 Å². The van der Waals surface area contributed by atoms with Gasteiger partial charge in [0.2, 0.25) is 0 Å². The van der Waals surface area contributed by atoms with Crippen molar-refractivity contribution in [3.8, 4) is 11.5 Å². The van der Waals surface area contributed by atoms with Crippen LogP contribution in [0, 0.1) is 0 Å². The number of carbonyl (C=O) groups is 1. The van der Waals surface area contributed by atoms with Crippen molar-refractivity contribution in [2.45, 2.75) is 13.0 Å². The van der Waals surface area contributed by atoms with E-state index in [2.05, 4.69) is 4.90 Å². The van der Waals surface area contributed by atoms with Gasteiger partial charge < -0.3 is 18.8 Å². The minimum atomic E-state index is 0.0527. The van der Waals surface area contributed by atoms with Crippen molar-refractivity contribution in [1.29, 1.82) is 0 Å². The number of furan rings is 1. The summed E-state index contributed by atoms with van der Waals surface area (Å²) < 4.78 is 16.3. The van der Waals surface area contributed by atoms with Crippen LogP contribution in [0.3, 0.4) is 0 Å². The molecule has 0 bridgehead atoms. The number of hydrogen-bond acceptors (Lipinski definition) is 6. The lowest BCUT2D eigenvalue weighted by Gasteiger charge is -2.22. The summed E-state index contributed by atoms with van der Waals surface area (Å²) in [5.41, 5.74) is 1.17. The Kier molecular flexibility index (Phi) is 4.44. The maximum Gasteiger partial charge on any atom is 0.267 e. The van der Waals surface area contributed by atoms with E-state index in [1.165, 1.54) is 16.9 Å². The third-order valence-electron chi connectivity index (χ3n) is 4.36. The van der Waals surface area contributed by atoms with Crippen LogP contribution >= 0.6 is 11.3 Å². The highest BCUT2D eigenvalue weighted by molar-refractivity contribution is 7.12. The molecule has 1 fully saturated rings. The molecule has 2 aromatic heterocycles. The molecule has 1 saturated heterocycles. The summed E-state index contributed by atoms with van der Waals surface area (Å²) in [5.74, 6) is 1.37. The maximum absolute atomic E-state index is 12.9. The Morgan fingerprint density at radius 2 is 2.08 bits per heavy atom. The zero-order valence-corrected chi connectivity index (χ0v) is 14.2. The van der Waals surface area contributed by atoms with Crippen molar-refractivity contribution in [3.05, 3.63) is 34.4 Å². The van der Waals surface area contributed by atoms with Crippen molar-refractivity contribution in [3.63, 3.8) is 0 Å². The predicted octanol–water partition coefficient (Wildman–Crippen LogP) is 2.46. The molecule has 1 amide bonds. The predicted molar refractivity (Wildman–Crippen MR) is 89.8 cm³/mol. The Hall–Kier alpha value is -1.99. The van der Waals surface area contributed by atoms with E-state index >= 15 is 0 Å². The van der Waals surface area contributed by atoms with E-state index < -0.39 is 0 Å². The van der Waals surface area contributed by atoms with Gasteiger partial charge in [0.25, 0.3) is 5.91 Å². The van der Waals surface area contributed by atoms with E-state index in [9.17, 15) is 4.79 Å². The third kappa shape index (κ3) is 3.14. The first-order valence-corrected chi connectivity index (χ1v) is 9.09. The summed E-state index contributed by atoms with van der Waals surface area (Å²) in [6, 6.07) is 1.99. The molecule has 0 N–H and O–H groups in total. The molecule has 7 heteroatoms. The van der Waals surface area contributed by atoms with E-state index in [0.717, 1.165) is 39.1 Å². The van der Waals surface area contributed by atoms with Gasteiger partial charge in [0.15, 0.2) is 11.5 Å². The Morgan fingerprint density at radius 1 is 1.17 bits per heavy atom. The minimum absolute atomic E-state index is 0.0527. The summed E-state index contributed by atoms with van der Waals surface area (Å²) in [4.78, 5) is 17.8. The molecule has 2 aliphatic rings. The summed E-state index contributed by atoms with van der Waals surface area (Å²) >= 11 is 1.41. The molecule has 0 spiro atoms. The summed E-state index contributed by atoms with van der Waals surface area (Å²) in [6.07, 6.45) is 4.45. The zero-order valence-electron chi connectivity index (χ0n) is 13.4. The van der Waals surface area contributed by atoms with Gasteiger partial charge in [-0.15, -0.1) is 11.3 Å². The van der Waals surface area contributed by atoms with E-state index in [1.807, 2.05) is 16.3 Å². The fourth-order valence-electron chi connectivity index (χ4n) is 3.13. The van der Waals surface area contributed by atoms with E-state index in [4.69, 9.17) is 13.9 Å². The van der Waals surface area contributed by atoms with Crippen LogP contribution < -0.4 is 9.47 Å². The number of thiophene rings is 1. The van der Waals surface area contributed by atoms with Crippen LogP contribution in [-0.4, -0.2) is 55.1 Å². The van der Waals surface area contributed by atoms with Crippen molar-refractivity contribution in [2.75, 3.05) is 39.4 Å². The highest BCUT2D eigenvalue weighted by Gasteiger charge is 2.28. The smallest absolute Gasteiger partial charge is 0.267 e. The van der Waals surface area contributed by atoms with E-state index in [0.29, 0.717) is 29.6 Å². The van der Waals surface area contributed by atoms with Crippen LogP contribution in [0.2, 0.25) is 0 Å². The largest absolute Gasteiger partial charge is 0.485 e. The van der Waals surface area contributed by atoms with Crippen LogP contribution in [-0.2, 0) is 6.54 Å². The van der Waals surface area contributed by atoms with Gasteiger partial charge in [-0.25, -0.2) is 0 Å². The lowest BCUT2D eigenvalue weighted by atomic mass is 10.3. The van der Waals surface area contributed by atoms with Crippen molar-refractivity contribution < 1.29 is 18.7 Å². The van der Waals surface area contributed by atoms with Gasteiger partial charge in [-0.1, -0.05) is 0 Å².